The third-order valence-corrected chi connectivity index (χ3v) is 5.24. The van der Waals surface area contributed by atoms with E-state index in [-0.39, 0.29) is 11.8 Å². The first-order valence-electron chi connectivity index (χ1n) is 11.0. The second kappa shape index (κ2) is 12.4. The number of carboxylic acid groups (broad SMARTS) is 1. The molecule has 182 valence electrons. The highest BCUT2D eigenvalue weighted by Gasteiger charge is 2.39. The first kappa shape index (κ1) is 27.3. The highest BCUT2D eigenvalue weighted by molar-refractivity contribution is 5.95. The molecular formula is C21H37N5O6. The van der Waals surface area contributed by atoms with Crippen molar-refractivity contribution < 1.29 is 29.1 Å². The molecule has 0 aromatic carbocycles. The van der Waals surface area contributed by atoms with Gasteiger partial charge in [0.25, 0.3) is 0 Å². The molecule has 4 atom stereocenters. The Morgan fingerprint density at radius 2 is 1.59 bits per heavy atom. The van der Waals surface area contributed by atoms with E-state index in [0.29, 0.717) is 32.2 Å². The molecule has 1 aliphatic rings. The van der Waals surface area contributed by atoms with E-state index in [9.17, 15) is 29.1 Å². The lowest BCUT2D eigenvalue weighted by atomic mass is 10.00. The van der Waals surface area contributed by atoms with Crippen molar-refractivity contribution >= 4 is 29.6 Å². The molecule has 1 fully saturated rings. The predicted octanol–water partition coefficient (Wildman–Crippen LogP) is -0.673. The first-order valence-corrected chi connectivity index (χ1v) is 11.0. The van der Waals surface area contributed by atoms with Gasteiger partial charge in [0.15, 0.2) is 0 Å². The highest BCUT2D eigenvalue weighted by atomic mass is 16.4. The summed E-state index contributed by atoms with van der Waals surface area (Å²) in [4.78, 5) is 62.3. The van der Waals surface area contributed by atoms with Crippen LogP contribution in [0.4, 0.5) is 0 Å². The average molecular weight is 456 g/mol. The maximum absolute atomic E-state index is 13.3. The van der Waals surface area contributed by atoms with Gasteiger partial charge in [-0.05, 0) is 37.5 Å². The number of carbonyl (C=O) groups excluding carboxylic acids is 4. The molecule has 0 saturated carbocycles. The number of carboxylic acids is 1. The van der Waals surface area contributed by atoms with Crippen LogP contribution >= 0.6 is 0 Å². The maximum atomic E-state index is 13.3. The van der Waals surface area contributed by atoms with Crippen LogP contribution in [-0.2, 0) is 24.0 Å². The number of nitrogens with zero attached hydrogens (tertiary/aromatic N) is 1. The fourth-order valence-corrected chi connectivity index (χ4v) is 3.76. The van der Waals surface area contributed by atoms with Gasteiger partial charge in [0.05, 0.1) is 12.5 Å². The molecule has 0 aromatic rings. The van der Waals surface area contributed by atoms with E-state index in [0.717, 1.165) is 0 Å². The molecule has 7 N–H and O–H groups in total. The van der Waals surface area contributed by atoms with E-state index in [1.165, 1.54) is 4.90 Å². The Morgan fingerprint density at radius 3 is 2.09 bits per heavy atom. The summed E-state index contributed by atoms with van der Waals surface area (Å²) < 4.78 is 0. The Morgan fingerprint density at radius 1 is 1.00 bits per heavy atom. The molecule has 4 unspecified atom stereocenters. The van der Waals surface area contributed by atoms with Crippen molar-refractivity contribution in [3.8, 4) is 0 Å². The summed E-state index contributed by atoms with van der Waals surface area (Å²) in [6.07, 6.45) is 1.17. The van der Waals surface area contributed by atoms with Crippen LogP contribution < -0.4 is 22.1 Å². The summed E-state index contributed by atoms with van der Waals surface area (Å²) in [5.74, 6) is -3.47. The minimum atomic E-state index is -1.47. The van der Waals surface area contributed by atoms with Gasteiger partial charge in [-0.2, -0.15) is 0 Å². The number of hydrogen-bond donors (Lipinski definition) is 5. The number of rotatable bonds is 12. The predicted molar refractivity (Wildman–Crippen MR) is 117 cm³/mol. The zero-order valence-electron chi connectivity index (χ0n) is 19.3. The summed E-state index contributed by atoms with van der Waals surface area (Å²) in [5, 5.41) is 14.3. The van der Waals surface area contributed by atoms with Crippen LogP contribution in [0, 0.1) is 11.8 Å². The van der Waals surface area contributed by atoms with Crippen LogP contribution in [0.2, 0.25) is 0 Å². The maximum Gasteiger partial charge on any atom is 0.326 e. The number of nitrogens with one attached hydrogen (secondary N) is 2. The van der Waals surface area contributed by atoms with E-state index in [4.69, 9.17) is 11.5 Å². The third-order valence-electron chi connectivity index (χ3n) is 5.24. The standard InChI is InChI=1S/C21H37N5O6/c1-11(2)8-13(22)18(28)24-14(9-12(3)4)20(30)26-7-5-6-16(26)19(29)25-15(21(31)32)10-17(23)27/h11-16H,5-10,22H2,1-4H3,(H2,23,27)(H,24,28)(H,25,29)(H,31,32). The zero-order chi connectivity index (χ0) is 24.6. The van der Waals surface area contributed by atoms with Crippen LogP contribution in [0.3, 0.4) is 0 Å². The molecule has 1 aliphatic heterocycles. The topological polar surface area (TPSA) is 185 Å². The van der Waals surface area contributed by atoms with E-state index in [1.54, 1.807) is 0 Å². The summed E-state index contributed by atoms with van der Waals surface area (Å²) in [7, 11) is 0. The molecule has 1 heterocycles. The number of carbonyl (C=O) groups is 5. The fourth-order valence-electron chi connectivity index (χ4n) is 3.76. The van der Waals surface area contributed by atoms with Gasteiger partial charge in [-0.15, -0.1) is 0 Å². The number of hydrogen-bond acceptors (Lipinski definition) is 6. The average Bonchev–Trinajstić information content (AvgIpc) is 3.14. The first-order chi connectivity index (χ1) is 14.8. The van der Waals surface area contributed by atoms with Crippen LogP contribution in [-0.4, -0.2) is 70.3 Å². The van der Waals surface area contributed by atoms with E-state index >= 15 is 0 Å². The minimum absolute atomic E-state index is 0.0902. The molecule has 4 amide bonds. The van der Waals surface area contributed by atoms with Crippen LogP contribution in [0.15, 0.2) is 0 Å². The summed E-state index contributed by atoms with van der Waals surface area (Å²) in [6.45, 7) is 8.01. The lowest BCUT2D eigenvalue weighted by Gasteiger charge is -2.30. The van der Waals surface area contributed by atoms with Gasteiger partial charge in [-0.3, -0.25) is 19.2 Å². The normalized spacial score (nSPS) is 18.8. The van der Waals surface area contributed by atoms with Gasteiger partial charge < -0.3 is 32.1 Å². The second-order valence-corrected chi connectivity index (χ2v) is 9.19. The molecule has 0 aliphatic carbocycles. The molecule has 1 saturated heterocycles. The van der Waals surface area contributed by atoms with Crippen molar-refractivity contribution in [1.82, 2.24) is 15.5 Å². The van der Waals surface area contributed by atoms with Gasteiger partial charge >= 0.3 is 5.97 Å². The largest absolute Gasteiger partial charge is 0.480 e. The van der Waals surface area contributed by atoms with Crippen molar-refractivity contribution in [2.75, 3.05) is 6.54 Å². The number of amides is 4. The van der Waals surface area contributed by atoms with Gasteiger partial charge in [0, 0.05) is 6.54 Å². The minimum Gasteiger partial charge on any atom is -0.480 e. The van der Waals surface area contributed by atoms with Gasteiger partial charge in [0.1, 0.15) is 18.1 Å². The zero-order valence-corrected chi connectivity index (χ0v) is 19.3. The SMILES string of the molecule is CC(C)CC(N)C(=O)NC(CC(C)C)C(=O)N1CCCC1C(=O)NC(CC(N)=O)C(=O)O. The van der Waals surface area contributed by atoms with Gasteiger partial charge in [-0.25, -0.2) is 4.79 Å². The van der Waals surface area contributed by atoms with E-state index in [1.807, 2.05) is 27.7 Å². The van der Waals surface area contributed by atoms with E-state index in [2.05, 4.69) is 10.6 Å². The number of nitrogens with two attached hydrogens (primary N) is 2. The Labute approximate surface area is 188 Å². The molecular weight excluding hydrogens is 418 g/mol. The molecule has 32 heavy (non-hydrogen) atoms. The Hall–Kier alpha value is -2.69. The van der Waals surface area contributed by atoms with Crippen molar-refractivity contribution in [1.29, 1.82) is 0 Å². The second-order valence-electron chi connectivity index (χ2n) is 9.19. The quantitative estimate of drug-likeness (QED) is 0.258. The summed E-state index contributed by atoms with van der Waals surface area (Å²) in [5.41, 5.74) is 11.0. The molecule has 0 bridgehead atoms. The molecule has 11 nitrogen and oxygen atoms in total. The summed E-state index contributed by atoms with van der Waals surface area (Å²) >= 11 is 0. The molecule has 1 rings (SSSR count). The van der Waals surface area contributed by atoms with Crippen LogP contribution in [0.25, 0.3) is 0 Å². The Bertz CT molecular complexity index is 711. The van der Waals surface area contributed by atoms with Crippen molar-refractivity contribution in [3.63, 3.8) is 0 Å². The van der Waals surface area contributed by atoms with E-state index < -0.39 is 60.2 Å². The third kappa shape index (κ3) is 8.45. The van der Waals surface area contributed by atoms with Gasteiger partial charge in [0.2, 0.25) is 23.6 Å². The fraction of sp³-hybridized carbons (Fsp3) is 0.762. The van der Waals surface area contributed by atoms with Crippen LogP contribution in [0.5, 0.6) is 0 Å². The van der Waals surface area contributed by atoms with Crippen molar-refractivity contribution in [2.24, 2.45) is 23.3 Å². The monoisotopic (exact) mass is 455 g/mol. The number of aliphatic carboxylic acids is 1. The summed E-state index contributed by atoms with van der Waals surface area (Å²) in [6, 6.07) is -3.97. The van der Waals surface area contributed by atoms with Crippen LogP contribution in [0.1, 0.15) is 59.8 Å². The van der Waals surface area contributed by atoms with Crippen molar-refractivity contribution in [3.05, 3.63) is 0 Å². The Balaban J connectivity index is 2.95. The lowest BCUT2D eigenvalue weighted by Crippen LogP contribution is -2.57. The van der Waals surface area contributed by atoms with Gasteiger partial charge in [-0.1, -0.05) is 27.7 Å². The number of likely N-dealkylation sites (tertiary alicyclic amines) is 1. The molecule has 0 spiro atoms. The highest BCUT2D eigenvalue weighted by Crippen LogP contribution is 2.21. The Kier molecular flexibility index (Phi) is 10.6. The van der Waals surface area contributed by atoms with Crippen molar-refractivity contribution in [2.45, 2.75) is 84.0 Å². The molecule has 0 radical (unpaired) electrons. The smallest absolute Gasteiger partial charge is 0.326 e. The lowest BCUT2D eigenvalue weighted by molar-refractivity contribution is -0.146. The molecule has 0 aromatic heterocycles. The molecule has 11 heteroatoms. The number of primary amides is 1.